The highest BCUT2D eigenvalue weighted by Gasteiger charge is 2.36. The van der Waals surface area contributed by atoms with E-state index in [0.717, 1.165) is 17.4 Å². The monoisotopic (exact) mass is 387 g/mol. The van der Waals surface area contributed by atoms with Crippen LogP contribution in [0.15, 0.2) is 30.5 Å². The van der Waals surface area contributed by atoms with Crippen molar-refractivity contribution in [3.05, 3.63) is 40.9 Å². The average molecular weight is 387 g/mol. The minimum absolute atomic E-state index is 0.161. The number of halogens is 3. The number of aliphatic hydroxyl groups is 1. The van der Waals surface area contributed by atoms with E-state index < -0.39 is 23.9 Å². The SMILES string of the molecule is O=C(Nc1ncc(CO)s1)N1CC[C@H](Oc2ccccc2C(F)(F)F)C1. The number of rotatable bonds is 4. The number of carbonyl (C=O) groups is 1. The third-order valence-electron chi connectivity index (χ3n) is 3.84. The van der Waals surface area contributed by atoms with Crippen LogP contribution in [-0.4, -0.2) is 40.2 Å². The van der Waals surface area contributed by atoms with Gasteiger partial charge in [0.1, 0.15) is 11.9 Å². The fourth-order valence-electron chi connectivity index (χ4n) is 2.60. The maximum atomic E-state index is 13.0. The van der Waals surface area contributed by atoms with E-state index in [1.54, 1.807) is 0 Å². The predicted octanol–water partition coefficient (Wildman–Crippen LogP) is 3.34. The molecule has 1 aliphatic rings. The van der Waals surface area contributed by atoms with Crippen LogP contribution in [0.5, 0.6) is 5.75 Å². The number of thiazole rings is 1. The Kier molecular flexibility index (Phi) is 5.33. The lowest BCUT2D eigenvalue weighted by Crippen LogP contribution is -2.34. The van der Waals surface area contributed by atoms with Crippen molar-refractivity contribution in [1.29, 1.82) is 0 Å². The highest BCUT2D eigenvalue weighted by molar-refractivity contribution is 7.15. The molecule has 1 aromatic heterocycles. The first-order valence-electron chi connectivity index (χ1n) is 7.81. The number of nitrogens with zero attached hydrogens (tertiary/aromatic N) is 2. The second-order valence-electron chi connectivity index (χ2n) is 5.69. The van der Waals surface area contributed by atoms with E-state index in [1.807, 2.05) is 0 Å². The number of nitrogens with one attached hydrogen (secondary N) is 1. The van der Waals surface area contributed by atoms with E-state index in [2.05, 4.69) is 10.3 Å². The third kappa shape index (κ3) is 4.25. The normalized spacial score (nSPS) is 17.4. The van der Waals surface area contributed by atoms with Crippen LogP contribution in [0.25, 0.3) is 0 Å². The maximum Gasteiger partial charge on any atom is 0.419 e. The maximum absolute atomic E-state index is 13.0. The van der Waals surface area contributed by atoms with Gasteiger partial charge in [-0.1, -0.05) is 23.5 Å². The van der Waals surface area contributed by atoms with Crippen LogP contribution in [0.2, 0.25) is 0 Å². The fourth-order valence-corrected chi connectivity index (χ4v) is 3.26. The number of benzene rings is 1. The standard InChI is InChI=1S/C16H16F3N3O3S/c17-16(18,19)12-3-1-2-4-13(12)25-10-5-6-22(8-10)15(24)21-14-20-7-11(9-23)26-14/h1-4,7,10,23H,5-6,8-9H2,(H,20,21,24)/t10-/m0/s1. The molecule has 0 saturated carbocycles. The van der Waals surface area contributed by atoms with Gasteiger partial charge in [0.05, 0.1) is 23.6 Å². The van der Waals surface area contributed by atoms with E-state index in [-0.39, 0.29) is 18.9 Å². The summed E-state index contributed by atoms with van der Waals surface area (Å²) in [7, 11) is 0. The van der Waals surface area contributed by atoms with Gasteiger partial charge in [-0.05, 0) is 12.1 Å². The van der Waals surface area contributed by atoms with Crippen LogP contribution in [0, 0.1) is 0 Å². The van der Waals surface area contributed by atoms with E-state index in [0.29, 0.717) is 23.0 Å². The predicted molar refractivity (Wildman–Crippen MR) is 89.1 cm³/mol. The van der Waals surface area contributed by atoms with E-state index in [9.17, 15) is 18.0 Å². The molecule has 2 amide bonds. The molecule has 1 aliphatic heterocycles. The van der Waals surface area contributed by atoms with Gasteiger partial charge in [0.15, 0.2) is 5.13 Å². The number of carbonyl (C=O) groups excluding carboxylic acids is 1. The Hall–Kier alpha value is -2.33. The second kappa shape index (κ2) is 7.50. The van der Waals surface area contributed by atoms with Gasteiger partial charge in [-0.3, -0.25) is 5.32 Å². The molecule has 1 fully saturated rings. The molecule has 10 heteroatoms. The average Bonchev–Trinajstić information content (AvgIpc) is 3.23. The summed E-state index contributed by atoms with van der Waals surface area (Å²) in [5.74, 6) is -0.236. The Balaban J connectivity index is 1.60. The van der Waals surface area contributed by atoms with E-state index >= 15 is 0 Å². The summed E-state index contributed by atoms with van der Waals surface area (Å²) >= 11 is 1.15. The summed E-state index contributed by atoms with van der Waals surface area (Å²) in [6.07, 6.45) is -3.13. The summed E-state index contributed by atoms with van der Waals surface area (Å²) in [5, 5.41) is 12.0. The first-order valence-corrected chi connectivity index (χ1v) is 8.63. The molecule has 1 atom stereocenters. The molecular formula is C16H16F3N3O3S. The van der Waals surface area contributed by atoms with Crippen molar-refractivity contribution in [2.75, 3.05) is 18.4 Å². The zero-order chi connectivity index (χ0) is 18.7. The van der Waals surface area contributed by atoms with Gasteiger partial charge < -0.3 is 14.7 Å². The number of alkyl halides is 3. The summed E-state index contributed by atoms with van der Waals surface area (Å²) in [5.41, 5.74) is -0.831. The van der Waals surface area contributed by atoms with Gasteiger partial charge in [0.2, 0.25) is 0 Å². The van der Waals surface area contributed by atoms with Gasteiger partial charge in [-0.2, -0.15) is 13.2 Å². The molecule has 6 nitrogen and oxygen atoms in total. The highest BCUT2D eigenvalue weighted by atomic mass is 32.1. The molecule has 1 saturated heterocycles. The minimum Gasteiger partial charge on any atom is -0.488 e. The summed E-state index contributed by atoms with van der Waals surface area (Å²) < 4.78 is 44.6. The quantitative estimate of drug-likeness (QED) is 0.844. The number of hydrogen-bond acceptors (Lipinski definition) is 5. The molecule has 0 radical (unpaired) electrons. The first-order chi connectivity index (χ1) is 12.4. The smallest absolute Gasteiger partial charge is 0.419 e. The lowest BCUT2D eigenvalue weighted by Gasteiger charge is -2.19. The molecule has 0 unspecified atom stereocenters. The Bertz CT molecular complexity index is 781. The van der Waals surface area contributed by atoms with E-state index in [4.69, 9.17) is 9.84 Å². The van der Waals surface area contributed by atoms with Gasteiger partial charge in [-0.25, -0.2) is 9.78 Å². The fraction of sp³-hybridized carbons (Fsp3) is 0.375. The Morgan fingerprint density at radius 1 is 1.42 bits per heavy atom. The van der Waals surface area contributed by atoms with Gasteiger partial charge in [0.25, 0.3) is 0 Å². The van der Waals surface area contributed by atoms with Crippen molar-refractivity contribution < 1.29 is 27.8 Å². The van der Waals surface area contributed by atoms with Crippen molar-refractivity contribution in [1.82, 2.24) is 9.88 Å². The number of urea groups is 1. The van der Waals surface area contributed by atoms with Crippen molar-refractivity contribution in [2.24, 2.45) is 0 Å². The number of hydrogen-bond donors (Lipinski definition) is 2. The molecule has 2 N–H and O–H groups in total. The Morgan fingerprint density at radius 2 is 2.19 bits per heavy atom. The number of amides is 2. The topological polar surface area (TPSA) is 74.7 Å². The largest absolute Gasteiger partial charge is 0.488 e. The zero-order valence-electron chi connectivity index (χ0n) is 13.5. The number of anilines is 1. The summed E-state index contributed by atoms with van der Waals surface area (Å²) in [4.78, 5) is 18.3. The summed E-state index contributed by atoms with van der Waals surface area (Å²) in [6.45, 7) is 0.380. The zero-order valence-corrected chi connectivity index (χ0v) is 14.3. The van der Waals surface area contributed by atoms with E-state index in [1.165, 1.54) is 29.3 Å². The molecule has 0 aliphatic carbocycles. The molecule has 2 heterocycles. The van der Waals surface area contributed by atoms with Crippen LogP contribution in [0.3, 0.4) is 0 Å². The number of aromatic nitrogens is 1. The third-order valence-corrected chi connectivity index (χ3v) is 4.74. The van der Waals surface area contributed by atoms with Gasteiger partial charge in [-0.15, -0.1) is 0 Å². The van der Waals surface area contributed by atoms with Crippen LogP contribution in [-0.2, 0) is 12.8 Å². The van der Waals surface area contributed by atoms with Crippen molar-refractivity contribution >= 4 is 22.5 Å². The van der Waals surface area contributed by atoms with Crippen LogP contribution >= 0.6 is 11.3 Å². The molecular weight excluding hydrogens is 371 g/mol. The lowest BCUT2D eigenvalue weighted by atomic mass is 10.2. The molecule has 1 aromatic carbocycles. The van der Waals surface area contributed by atoms with Gasteiger partial charge >= 0.3 is 12.2 Å². The van der Waals surface area contributed by atoms with Gasteiger partial charge in [0, 0.05) is 19.2 Å². The molecule has 2 aromatic rings. The first kappa shape index (κ1) is 18.5. The minimum atomic E-state index is -4.50. The number of likely N-dealkylation sites (tertiary alicyclic amines) is 1. The molecule has 26 heavy (non-hydrogen) atoms. The Morgan fingerprint density at radius 3 is 2.88 bits per heavy atom. The van der Waals surface area contributed by atoms with Crippen molar-refractivity contribution in [3.63, 3.8) is 0 Å². The molecule has 0 bridgehead atoms. The molecule has 3 rings (SSSR count). The van der Waals surface area contributed by atoms with Crippen LogP contribution < -0.4 is 10.1 Å². The lowest BCUT2D eigenvalue weighted by molar-refractivity contribution is -0.139. The van der Waals surface area contributed by atoms with Crippen LogP contribution in [0.1, 0.15) is 16.9 Å². The van der Waals surface area contributed by atoms with Crippen LogP contribution in [0.4, 0.5) is 23.1 Å². The summed E-state index contributed by atoms with van der Waals surface area (Å²) in [6, 6.07) is 4.62. The number of aliphatic hydroxyl groups excluding tert-OH is 1. The molecule has 140 valence electrons. The second-order valence-corrected chi connectivity index (χ2v) is 6.80. The Labute approximate surface area is 151 Å². The van der Waals surface area contributed by atoms with Crippen molar-refractivity contribution in [2.45, 2.75) is 25.3 Å². The molecule has 0 spiro atoms. The highest BCUT2D eigenvalue weighted by Crippen LogP contribution is 2.36. The number of ether oxygens (including phenoxy) is 1. The number of para-hydroxylation sites is 1. The van der Waals surface area contributed by atoms with Crippen molar-refractivity contribution in [3.8, 4) is 5.75 Å².